The molecule has 2 aromatic rings. The number of hydrogen-bond donors (Lipinski definition) is 2. The van der Waals surface area contributed by atoms with Crippen molar-refractivity contribution in [3.05, 3.63) is 65.2 Å². The van der Waals surface area contributed by atoms with Gasteiger partial charge >= 0.3 is 0 Å². The van der Waals surface area contributed by atoms with Gasteiger partial charge in [0, 0.05) is 16.4 Å². The number of hydrogen-bond acceptors (Lipinski definition) is 2. The minimum atomic E-state index is -0.460. The van der Waals surface area contributed by atoms with Crippen LogP contribution >= 0.6 is 23.8 Å². The van der Waals surface area contributed by atoms with E-state index in [4.69, 9.17) is 23.8 Å². The van der Waals surface area contributed by atoms with Crippen LogP contribution in [-0.4, -0.2) is 16.7 Å². The number of aliphatic imine (C=N–C) groups is 1. The molecule has 1 aliphatic heterocycles. The van der Waals surface area contributed by atoms with Crippen LogP contribution in [0.2, 0.25) is 5.02 Å². The van der Waals surface area contributed by atoms with E-state index in [-0.39, 0.29) is 11.9 Å². The van der Waals surface area contributed by atoms with E-state index >= 15 is 0 Å². The topological polar surface area (TPSA) is 53.5 Å². The Kier molecular flexibility index (Phi) is 4.92. The van der Waals surface area contributed by atoms with Gasteiger partial charge in [0.15, 0.2) is 5.11 Å². The second-order valence-corrected chi connectivity index (χ2v) is 6.39. The quantitative estimate of drug-likeness (QED) is 0.817. The second kappa shape index (κ2) is 7.11. The molecule has 2 aromatic carbocycles. The van der Waals surface area contributed by atoms with E-state index in [2.05, 4.69) is 15.6 Å². The summed E-state index contributed by atoms with van der Waals surface area (Å²) in [4.78, 5) is 17.1. The standard InChI is InChI=1S/C18H16ClN3OS/c1-11-15(17(23)21-14-9-5-8-13(19)10-14)16(22-18(24)20-11)12-6-3-2-4-7-12/h2-10,15-16H,1H3,(H,21,23)(H,22,24). The summed E-state index contributed by atoms with van der Waals surface area (Å²) in [6.45, 7) is 1.82. The first kappa shape index (κ1) is 16.6. The van der Waals surface area contributed by atoms with Crippen LogP contribution in [0.1, 0.15) is 18.5 Å². The summed E-state index contributed by atoms with van der Waals surface area (Å²) >= 11 is 11.2. The number of rotatable bonds is 3. The van der Waals surface area contributed by atoms with Crippen molar-refractivity contribution in [1.82, 2.24) is 5.32 Å². The van der Waals surface area contributed by atoms with E-state index in [1.54, 1.807) is 24.3 Å². The van der Waals surface area contributed by atoms with Gasteiger partial charge in [0.25, 0.3) is 0 Å². The lowest BCUT2D eigenvalue weighted by atomic mass is 9.87. The molecule has 2 atom stereocenters. The molecule has 1 heterocycles. The molecule has 0 fully saturated rings. The van der Waals surface area contributed by atoms with Crippen LogP contribution in [0.25, 0.3) is 0 Å². The van der Waals surface area contributed by atoms with E-state index in [0.29, 0.717) is 21.5 Å². The molecule has 4 nitrogen and oxygen atoms in total. The van der Waals surface area contributed by atoms with Gasteiger partial charge < -0.3 is 10.6 Å². The van der Waals surface area contributed by atoms with Gasteiger partial charge in [0.05, 0.1) is 6.04 Å². The zero-order valence-corrected chi connectivity index (χ0v) is 14.6. The molecule has 6 heteroatoms. The number of thiocarbonyl (C=S) groups is 1. The molecule has 0 aliphatic carbocycles. The highest BCUT2D eigenvalue weighted by atomic mass is 35.5. The maximum absolute atomic E-state index is 12.9. The van der Waals surface area contributed by atoms with E-state index in [0.717, 1.165) is 5.56 Å². The van der Waals surface area contributed by atoms with Crippen molar-refractivity contribution in [2.75, 3.05) is 5.32 Å². The smallest absolute Gasteiger partial charge is 0.235 e. The third kappa shape index (κ3) is 3.63. The molecular formula is C18H16ClN3OS. The molecule has 0 radical (unpaired) electrons. The molecule has 3 rings (SSSR count). The van der Waals surface area contributed by atoms with Crippen LogP contribution < -0.4 is 10.6 Å². The van der Waals surface area contributed by atoms with Gasteiger partial charge in [-0.2, -0.15) is 0 Å². The highest BCUT2D eigenvalue weighted by molar-refractivity contribution is 7.80. The molecule has 1 aliphatic rings. The fourth-order valence-corrected chi connectivity index (χ4v) is 3.24. The Morgan fingerprint density at radius 2 is 1.96 bits per heavy atom. The van der Waals surface area contributed by atoms with Crippen molar-refractivity contribution in [1.29, 1.82) is 0 Å². The largest absolute Gasteiger partial charge is 0.353 e. The van der Waals surface area contributed by atoms with Crippen molar-refractivity contribution < 1.29 is 4.79 Å². The molecule has 0 bridgehead atoms. The number of nitrogens with one attached hydrogen (secondary N) is 2. The number of benzene rings is 2. The lowest BCUT2D eigenvalue weighted by molar-refractivity contribution is -0.118. The van der Waals surface area contributed by atoms with Crippen LogP contribution in [0.15, 0.2) is 59.6 Å². The van der Waals surface area contributed by atoms with Gasteiger partial charge in [-0.15, -0.1) is 0 Å². The highest BCUT2D eigenvalue weighted by Gasteiger charge is 2.35. The first-order valence-electron chi connectivity index (χ1n) is 7.51. The number of amides is 1. The zero-order valence-electron chi connectivity index (χ0n) is 13.0. The lowest BCUT2D eigenvalue weighted by Gasteiger charge is -2.31. The van der Waals surface area contributed by atoms with Gasteiger partial charge in [0.2, 0.25) is 5.91 Å². The van der Waals surface area contributed by atoms with Crippen LogP contribution in [0.3, 0.4) is 0 Å². The Bertz CT molecular complexity index is 807. The maximum atomic E-state index is 12.9. The van der Waals surface area contributed by atoms with Gasteiger partial charge in [-0.25, -0.2) is 4.99 Å². The van der Waals surface area contributed by atoms with Crippen molar-refractivity contribution in [2.45, 2.75) is 13.0 Å². The Morgan fingerprint density at radius 1 is 1.21 bits per heavy atom. The normalized spacial score (nSPS) is 20.1. The summed E-state index contributed by atoms with van der Waals surface area (Å²) in [5.41, 5.74) is 2.33. The Labute approximate surface area is 150 Å². The Balaban J connectivity index is 1.90. The van der Waals surface area contributed by atoms with Gasteiger partial charge in [-0.3, -0.25) is 4.79 Å². The summed E-state index contributed by atoms with van der Waals surface area (Å²) in [6.07, 6.45) is 0. The van der Waals surface area contributed by atoms with Crippen molar-refractivity contribution in [2.24, 2.45) is 10.9 Å². The molecule has 1 amide bonds. The summed E-state index contributed by atoms with van der Waals surface area (Å²) < 4.78 is 0. The number of carbonyl (C=O) groups is 1. The molecule has 122 valence electrons. The van der Waals surface area contributed by atoms with Crippen molar-refractivity contribution in [3.63, 3.8) is 0 Å². The van der Waals surface area contributed by atoms with Crippen LogP contribution in [0, 0.1) is 5.92 Å². The summed E-state index contributed by atoms with van der Waals surface area (Å²) in [7, 11) is 0. The highest BCUT2D eigenvalue weighted by Crippen LogP contribution is 2.28. The average molecular weight is 358 g/mol. The number of carbonyl (C=O) groups excluding carboxylic acids is 1. The molecule has 0 aromatic heterocycles. The second-order valence-electron chi connectivity index (χ2n) is 5.57. The summed E-state index contributed by atoms with van der Waals surface area (Å²) in [6, 6.07) is 16.6. The van der Waals surface area contributed by atoms with Crippen LogP contribution in [0.4, 0.5) is 5.69 Å². The van der Waals surface area contributed by atoms with Crippen molar-refractivity contribution in [3.8, 4) is 0 Å². The molecule has 0 spiro atoms. The maximum Gasteiger partial charge on any atom is 0.235 e. The van der Waals surface area contributed by atoms with Crippen LogP contribution in [-0.2, 0) is 4.79 Å². The molecule has 0 saturated heterocycles. The van der Waals surface area contributed by atoms with E-state index < -0.39 is 5.92 Å². The van der Waals surface area contributed by atoms with Crippen molar-refractivity contribution >= 4 is 46.2 Å². The first-order chi connectivity index (χ1) is 11.5. The molecule has 2 N–H and O–H groups in total. The third-order valence-electron chi connectivity index (χ3n) is 3.87. The zero-order chi connectivity index (χ0) is 17.1. The lowest BCUT2D eigenvalue weighted by Crippen LogP contribution is -2.45. The van der Waals surface area contributed by atoms with Gasteiger partial charge in [-0.1, -0.05) is 48.0 Å². The number of nitrogens with zero attached hydrogens (tertiary/aromatic N) is 1. The Hall–Kier alpha value is -2.24. The fraction of sp³-hybridized carbons (Fsp3) is 0.167. The third-order valence-corrected chi connectivity index (χ3v) is 4.32. The Morgan fingerprint density at radius 3 is 2.67 bits per heavy atom. The number of halogens is 1. The van der Waals surface area contributed by atoms with E-state index in [9.17, 15) is 4.79 Å². The molecule has 0 saturated carbocycles. The molecule has 24 heavy (non-hydrogen) atoms. The summed E-state index contributed by atoms with van der Waals surface area (Å²) in [5.74, 6) is -0.611. The predicted octanol–water partition coefficient (Wildman–Crippen LogP) is 3.99. The van der Waals surface area contributed by atoms with E-state index in [1.165, 1.54) is 0 Å². The first-order valence-corrected chi connectivity index (χ1v) is 8.30. The predicted molar refractivity (Wildman–Crippen MR) is 102 cm³/mol. The molecule has 2 unspecified atom stereocenters. The average Bonchev–Trinajstić information content (AvgIpc) is 2.54. The van der Waals surface area contributed by atoms with E-state index in [1.807, 2.05) is 37.3 Å². The molecular weight excluding hydrogens is 342 g/mol. The minimum Gasteiger partial charge on any atom is -0.353 e. The monoisotopic (exact) mass is 357 g/mol. The fourth-order valence-electron chi connectivity index (χ4n) is 2.78. The van der Waals surface area contributed by atoms with Crippen LogP contribution in [0.5, 0.6) is 0 Å². The van der Waals surface area contributed by atoms with Gasteiger partial charge in [-0.05, 0) is 42.9 Å². The minimum absolute atomic E-state index is 0.151. The number of anilines is 1. The van der Waals surface area contributed by atoms with Gasteiger partial charge in [0.1, 0.15) is 5.92 Å². The SMILES string of the molecule is CC1=NC(=S)NC(c2ccccc2)C1C(=O)Nc1cccc(Cl)c1. The summed E-state index contributed by atoms with van der Waals surface area (Å²) in [5, 5.41) is 7.02.